The first-order chi connectivity index (χ1) is 10.2. The van der Waals surface area contributed by atoms with E-state index in [1.807, 2.05) is 6.07 Å². The highest BCUT2D eigenvalue weighted by atomic mass is 79.9. The molecule has 0 amide bonds. The largest absolute Gasteiger partial charge is 0.486 e. The molecular formula is C16H23BrN2O2. The van der Waals surface area contributed by atoms with E-state index in [4.69, 9.17) is 9.47 Å². The Bertz CT molecular complexity index is 487. The minimum atomic E-state index is 0.633. The van der Waals surface area contributed by atoms with E-state index in [-0.39, 0.29) is 0 Å². The van der Waals surface area contributed by atoms with Crippen LogP contribution in [0, 0.1) is 0 Å². The van der Waals surface area contributed by atoms with E-state index >= 15 is 0 Å². The van der Waals surface area contributed by atoms with Gasteiger partial charge >= 0.3 is 0 Å². The molecule has 0 spiro atoms. The van der Waals surface area contributed by atoms with Gasteiger partial charge in [0.2, 0.25) is 0 Å². The van der Waals surface area contributed by atoms with Crippen molar-refractivity contribution in [2.75, 3.05) is 33.4 Å². The van der Waals surface area contributed by atoms with Gasteiger partial charge in [-0.25, -0.2) is 0 Å². The standard InChI is InChI=1S/C16H23BrN2O2/c1-19(13-3-2-5-18-6-4-13)11-12-9-15-16(10-14(12)17)21-8-7-20-15/h9-10,13,18H,2-8,11H2,1H3. The highest BCUT2D eigenvalue weighted by molar-refractivity contribution is 9.10. The van der Waals surface area contributed by atoms with Crippen LogP contribution in [0.4, 0.5) is 0 Å². The summed E-state index contributed by atoms with van der Waals surface area (Å²) in [5, 5.41) is 3.48. The summed E-state index contributed by atoms with van der Waals surface area (Å²) in [6.45, 7) is 4.48. The van der Waals surface area contributed by atoms with Crippen LogP contribution < -0.4 is 14.8 Å². The van der Waals surface area contributed by atoms with Gasteiger partial charge in [-0.15, -0.1) is 0 Å². The molecule has 2 heterocycles. The first-order valence-corrected chi connectivity index (χ1v) is 8.52. The van der Waals surface area contributed by atoms with E-state index < -0.39 is 0 Å². The number of benzene rings is 1. The van der Waals surface area contributed by atoms with Gasteiger partial charge in [0.15, 0.2) is 11.5 Å². The molecule has 1 aromatic rings. The summed E-state index contributed by atoms with van der Waals surface area (Å²) in [4.78, 5) is 2.46. The summed E-state index contributed by atoms with van der Waals surface area (Å²) in [7, 11) is 2.22. The summed E-state index contributed by atoms with van der Waals surface area (Å²) in [6, 6.07) is 4.80. The summed E-state index contributed by atoms with van der Waals surface area (Å²) < 4.78 is 12.4. The first kappa shape index (κ1) is 15.1. The molecule has 1 N–H and O–H groups in total. The molecule has 1 saturated heterocycles. The quantitative estimate of drug-likeness (QED) is 0.904. The molecule has 2 aliphatic rings. The zero-order valence-corrected chi connectivity index (χ0v) is 14.1. The summed E-state index contributed by atoms with van der Waals surface area (Å²) >= 11 is 3.67. The molecule has 0 bridgehead atoms. The number of hydrogen-bond donors (Lipinski definition) is 1. The van der Waals surface area contributed by atoms with Gasteiger partial charge in [-0.05, 0) is 57.1 Å². The molecule has 21 heavy (non-hydrogen) atoms. The summed E-state index contributed by atoms with van der Waals surface area (Å²) in [5.41, 5.74) is 1.26. The predicted octanol–water partition coefficient (Wildman–Crippen LogP) is 2.79. The van der Waals surface area contributed by atoms with E-state index in [0.717, 1.165) is 35.6 Å². The maximum absolute atomic E-state index is 5.69. The second kappa shape index (κ2) is 6.99. The molecule has 1 atom stereocenters. The third-order valence-corrected chi connectivity index (χ3v) is 5.04. The van der Waals surface area contributed by atoms with Crippen molar-refractivity contribution in [2.24, 2.45) is 0 Å². The van der Waals surface area contributed by atoms with E-state index in [0.29, 0.717) is 19.3 Å². The number of halogens is 1. The average Bonchev–Trinajstić information content (AvgIpc) is 2.77. The lowest BCUT2D eigenvalue weighted by Gasteiger charge is -2.28. The first-order valence-electron chi connectivity index (χ1n) is 7.73. The molecule has 5 heteroatoms. The van der Waals surface area contributed by atoms with Crippen molar-refractivity contribution in [3.8, 4) is 11.5 Å². The Balaban J connectivity index is 1.71. The third kappa shape index (κ3) is 3.71. The molecule has 116 valence electrons. The molecule has 0 radical (unpaired) electrons. The minimum absolute atomic E-state index is 0.633. The molecule has 0 aliphatic carbocycles. The molecule has 1 fully saturated rings. The van der Waals surface area contributed by atoms with Crippen molar-refractivity contribution in [3.63, 3.8) is 0 Å². The van der Waals surface area contributed by atoms with Gasteiger partial charge in [-0.1, -0.05) is 15.9 Å². The fourth-order valence-electron chi connectivity index (χ4n) is 3.07. The Hall–Kier alpha value is -0.780. The van der Waals surface area contributed by atoms with Crippen molar-refractivity contribution < 1.29 is 9.47 Å². The van der Waals surface area contributed by atoms with Crippen molar-refractivity contribution >= 4 is 15.9 Å². The van der Waals surface area contributed by atoms with Gasteiger partial charge < -0.3 is 14.8 Å². The highest BCUT2D eigenvalue weighted by Gasteiger charge is 2.20. The third-order valence-electron chi connectivity index (χ3n) is 4.30. The maximum Gasteiger partial charge on any atom is 0.162 e. The van der Waals surface area contributed by atoms with E-state index in [2.05, 4.69) is 39.3 Å². The van der Waals surface area contributed by atoms with Gasteiger partial charge in [0.1, 0.15) is 13.2 Å². The molecule has 3 rings (SSSR count). The number of nitrogens with zero attached hydrogens (tertiary/aromatic N) is 1. The zero-order valence-electron chi connectivity index (χ0n) is 12.5. The van der Waals surface area contributed by atoms with Gasteiger partial charge in [0, 0.05) is 17.1 Å². The SMILES string of the molecule is CN(Cc1cc2c(cc1Br)OCCO2)C1CCCNCC1. The molecule has 0 aromatic heterocycles. The number of rotatable bonds is 3. The van der Waals surface area contributed by atoms with Crippen LogP contribution in [-0.2, 0) is 6.54 Å². The van der Waals surface area contributed by atoms with Crippen LogP contribution in [-0.4, -0.2) is 44.3 Å². The molecule has 0 saturated carbocycles. The lowest BCUT2D eigenvalue weighted by molar-refractivity contribution is 0.170. The van der Waals surface area contributed by atoms with Crippen LogP contribution in [0.15, 0.2) is 16.6 Å². The zero-order chi connectivity index (χ0) is 14.7. The van der Waals surface area contributed by atoms with Crippen molar-refractivity contribution in [3.05, 3.63) is 22.2 Å². The molecule has 2 aliphatic heterocycles. The Kier molecular flexibility index (Phi) is 5.03. The molecular weight excluding hydrogens is 332 g/mol. The normalized spacial score (nSPS) is 22.1. The summed E-state index contributed by atoms with van der Waals surface area (Å²) in [5.74, 6) is 1.72. The van der Waals surface area contributed by atoms with Gasteiger partial charge in [-0.2, -0.15) is 0 Å². The van der Waals surface area contributed by atoms with Gasteiger partial charge in [-0.3, -0.25) is 4.90 Å². The average molecular weight is 355 g/mol. The van der Waals surface area contributed by atoms with Crippen LogP contribution in [0.25, 0.3) is 0 Å². The fourth-order valence-corrected chi connectivity index (χ4v) is 3.51. The predicted molar refractivity (Wildman–Crippen MR) is 87.1 cm³/mol. The molecule has 1 unspecified atom stereocenters. The van der Waals surface area contributed by atoms with E-state index in [9.17, 15) is 0 Å². The van der Waals surface area contributed by atoms with Crippen molar-refractivity contribution in [1.29, 1.82) is 0 Å². The maximum atomic E-state index is 5.69. The lowest BCUT2D eigenvalue weighted by atomic mass is 10.1. The number of fused-ring (bicyclic) bond motifs is 1. The van der Waals surface area contributed by atoms with Crippen molar-refractivity contribution in [1.82, 2.24) is 10.2 Å². The monoisotopic (exact) mass is 354 g/mol. The lowest BCUT2D eigenvalue weighted by Crippen LogP contribution is -2.32. The number of nitrogens with one attached hydrogen (secondary N) is 1. The Morgan fingerprint density at radius 3 is 2.76 bits per heavy atom. The minimum Gasteiger partial charge on any atom is -0.486 e. The van der Waals surface area contributed by atoms with E-state index in [1.165, 1.54) is 24.8 Å². The second-order valence-electron chi connectivity index (χ2n) is 5.84. The topological polar surface area (TPSA) is 33.7 Å². The van der Waals surface area contributed by atoms with Crippen LogP contribution in [0.5, 0.6) is 11.5 Å². The van der Waals surface area contributed by atoms with Crippen LogP contribution >= 0.6 is 15.9 Å². The second-order valence-corrected chi connectivity index (χ2v) is 6.69. The molecule has 4 nitrogen and oxygen atoms in total. The smallest absolute Gasteiger partial charge is 0.162 e. The Labute approximate surface area is 134 Å². The van der Waals surface area contributed by atoms with Crippen LogP contribution in [0.3, 0.4) is 0 Å². The number of ether oxygens (including phenoxy) is 2. The fraction of sp³-hybridized carbons (Fsp3) is 0.625. The van der Waals surface area contributed by atoms with E-state index in [1.54, 1.807) is 0 Å². The molecule has 1 aromatic carbocycles. The van der Waals surface area contributed by atoms with Crippen molar-refractivity contribution in [2.45, 2.75) is 31.8 Å². The number of hydrogen-bond acceptors (Lipinski definition) is 4. The van der Waals surface area contributed by atoms with Gasteiger partial charge in [0.05, 0.1) is 0 Å². The Morgan fingerprint density at radius 1 is 1.19 bits per heavy atom. The van der Waals surface area contributed by atoms with Crippen LogP contribution in [0.2, 0.25) is 0 Å². The van der Waals surface area contributed by atoms with Gasteiger partial charge in [0.25, 0.3) is 0 Å². The summed E-state index contributed by atoms with van der Waals surface area (Å²) in [6.07, 6.45) is 3.75. The Morgan fingerprint density at radius 2 is 1.95 bits per heavy atom. The van der Waals surface area contributed by atoms with Crippen LogP contribution in [0.1, 0.15) is 24.8 Å². The highest BCUT2D eigenvalue weighted by Crippen LogP contribution is 2.36.